The first-order valence-corrected chi connectivity index (χ1v) is 21.8. The van der Waals surface area contributed by atoms with Gasteiger partial charge in [-0.25, -0.2) is 0 Å². The summed E-state index contributed by atoms with van der Waals surface area (Å²) >= 11 is 0. The number of fused-ring (bicyclic) bond motifs is 6. The maximum atomic E-state index is 4.03. The lowest BCUT2D eigenvalue weighted by Gasteiger charge is -2.26. The zero-order chi connectivity index (χ0) is 42.6. The minimum Gasteiger partial charge on any atom is -0.311 e. The van der Waals surface area contributed by atoms with Crippen LogP contribution >= 0.6 is 0 Å². The Kier molecular flexibility index (Phi) is 9.65. The highest BCUT2D eigenvalue weighted by atomic mass is 15.1. The molecule has 0 heterocycles. The molecule has 0 unspecified atom stereocenters. The average Bonchev–Trinajstić information content (AvgIpc) is 3.69. The van der Waals surface area contributed by atoms with Crippen LogP contribution in [0.1, 0.15) is 62.4 Å². The first kappa shape index (κ1) is 38.9. The van der Waals surface area contributed by atoms with Gasteiger partial charge in [0.1, 0.15) is 0 Å². The molecule has 2 aliphatic rings. The third-order valence-corrected chi connectivity index (χ3v) is 13.4. The van der Waals surface area contributed by atoms with E-state index in [4.69, 9.17) is 0 Å². The highest BCUT2D eigenvalue weighted by Crippen LogP contribution is 2.51. The fraction of sp³-hybridized carbons (Fsp3) is 0.115. The highest BCUT2D eigenvalue weighted by molar-refractivity contribution is 5.87. The molecule has 0 spiro atoms. The molecule has 8 aromatic rings. The van der Waals surface area contributed by atoms with Gasteiger partial charge in [0.15, 0.2) is 0 Å². The van der Waals surface area contributed by atoms with Crippen LogP contribution in [0.5, 0.6) is 0 Å². The Hall–Kier alpha value is -7.22. The number of hydrogen-bond acceptors (Lipinski definition) is 1. The summed E-state index contributed by atoms with van der Waals surface area (Å²) in [5.41, 5.74) is 23.7. The predicted molar refractivity (Wildman–Crippen MR) is 266 cm³/mol. The topological polar surface area (TPSA) is 3.24 Å². The number of allylic oxidation sites excluding steroid dienone is 5. The molecule has 0 N–H and O–H groups in total. The predicted octanol–water partition coefficient (Wildman–Crippen LogP) is 16.9. The van der Waals surface area contributed by atoms with Gasteiger partial charge in [0, 0.05) is 27.9 Å². The van der Waals surface area contributed by atoms with E-state index in [1.807, 2.05) is 19.1 Å². The first-order chi connectivity index (χ1) is 30.1. The Balaban J connectivity index is 0.991. The second-order valence-electron chi connectivity index (χ2n) is 17.8. The lowest BCUT2D eigenvalue weighted by molar-refractivity contribution is 0.660. The lowest BCUT2D eigenvalue weighted by Crippen LogP contribution is -2.14. The van der Waals surface area contributed by atoms with Crippen LogP contribution in [0.15, 0.2) is 213 Å². The lowest BCUT2D eigenvalue weighted by atomic mass is 9.81. The van der Waals surface area contributed by atoms with Crippen molar-refractivity contribution in [2.24, 2.45) is 0 Å². The molecule has 1 heteroatoms. The van der Waals surface area contributed by atoms with Crippen molar-refractivity contribution in [3.05, 3.63) is 241 Å². The number of benzene rings is 8. The number of rotatable bonds is 9. The van der Waals surface area contributed by atoms with Crippen LogP contribution < -0.4 is 4.90 Å². The molecule has 2 aliphatic carbocycles. The maximum Gasteiger partial charge on any atom is 0.0462 e. The first-order valence-electron chi connectivity index (χ1n) is 21.8. The molecule has 0 aromatic heterocycles. The molecular formula is C61H51N. The minimum absolute atomic E-state index is 0.0438. The maximum absolute atomic E-state index is 4.03. The van der Waals surface area contributed by atoms with Gasteiger partial charge in [0.25, 0.3) is 0 Å². The van der Waals surface area contributed by atoms with E-state index >= 15 is 0 Å². The van der Waals surface area contributed by atoms with E-state index in [0.717, 1.165) is 28.2 Å². The van der Waals surface area contributed by atoms with E-state index in [1.54, 1.807) is 0 Å². The molecule has 0 atom stereocenters. The summed E-state index contributed by atoms with van der Waals surface area (Å²) in [5, 5.41) is 0. The van der Waals surface area contributed by atoms with Crippen LogP contribution in [0.3, 0.4) is 0 Å². The molecule has 300 valence electrons. The number of nitrogens with zero attached hydrogens (tertiary/aromatic N) is 1. The molecule has 8 aromatic carbocycles. The summed E-state index contributed by atoms with van der Waals surface area (Å²) in [6, 6.07) is 67.6. The van der Waals surface area contributed by atoms with Crippen molar-refractivity contribution in [1.82, 2.24) is 0 Å². The Labute approximate surface area is 367 Å². The Morgan fingerprint density at radius 1 is 0.419 bits per heavy atom. The van der Waals surface area contributed by atoms with Crippen molar-refractivity contribution in [2.45, 2.75) is 45.4 Å². The van der Waals surface area contributed by atoms with Crippen molar-refractivity contribution in [1.29, 1.82) is 0 Å². The Bertz CT molecular complexity index is 2890. The third kappa shape index (κ3) is 6.57. The average molecular weight is 798 g/mol. The molecule has 1 nitrogen and oxygen atoms in total. The Morgan fingerprint density at radius 2 is 0.774 bits per heavy atom. The van der Waals surface area contributed by atoms with Crippen molar-refractivity contribution >= 4 is 22.6 Å². The molecule has 0 fully saturated rings. The van der Waals surface area contributed by atoms with Gasteiger partial charge in [-0.2, -0.15) is 0 Å². The largest absolute Gasteiger partial charge is 0.311 e. The molecule has 10 rings (SSSR count). The summed E-state index contributed by atoms with van der Waals surface area (Å²) in [5.74, 6) is 0. The molecular weight excluding hydrogens is 747 g/mol. The standard InChI is InChI=1S/C61H51N/c1-7-9-14-41(8-2)42-19-21-43(22-20-42)44-23-31-49(32-24-44)62(50-33-25-45(26-34-50)47-29-37-54-52-15-10-12-17-56(52)60(3,4)58(54)39-47)51-35-27-46(28-36-51)48-30-38-55-53-16-11-13-18-57(53)61(5,6)59(55)40-48/h7-40H,2H2,1,3-6H3/b9-7-,41-14+. The van der Waals surface area contributed by atoms with Crippen LogP contribution in [0, 0.1) is 0 Å². The van der Waals surface area contributed by atoms with Gasteiger partial charge >= 0.3 is 0 Å². The summed E-state index contributed by atoms with van der Waals surface area (Å²) < 4.78 is 0. The van der Waals surface area contributed by atoms with Crippen molar-refractivity contribution in [2.75, 3.05) is 4.90 Å². The van der Waals surface area contributed by atoms with Gasteiger partial charge in [0.05, 0.1) is 0 Å². The quantitative estimate of drug-likeness (QED) is 0.132. The molecule has 62 heavy (non-hydrogen) atoms. The van der Waals surface area contributed by atoms with Crippen LogP contribution in [-0.4, -0.2) is 0 Å². The van der Waals surface area contributed by atoms with Gasteiger partial charge in [0.2, 0.25) is 0 Å². The smallest absolute Gasteiger partial charge is 0.0462 e. The molecule has 0 bridgehead atoms. The Morgan fingerprint density at radius 3 is 1.18 bits per heavy atom. The van der Waals surface area contributed by atoms with Gasteiger partial charge in [-0.1, -0.05) is 192 Å². The molecule has 0 amide bonds. The van der Waals surface area contributed by atoms with E-state index in [1.165, 1.54) is 77.9 Å². The summed E-state index contributed by atoms with van der Waals surface area (Å²) in [6.07, 6.45) is 8.10. The van der Waals surface area contributed by atoms with Gasteiger partial charge in [-0.05, 0) is 144 Å². The van der Waals surface area contributed by atoms with E-state index < -0.39 is 0 Å². The van der Waals surface area contributed by atoms with E-state index in [2.05, 4.69) is 233 Å². The highest BCUT2D eigenvalue weighted by Gasteiger charge is 2.36. The van der Waals surface area contributed by atoms with Crippen LogP contribution in [0.4, 0.5) is 17.1 Å². The van der Waals surface area contributed by atoms with E-state index in [9.17, 15) is 0 Å². The molecule has 0 radical (unpaired) electrons. The molecule has 0 aliphatic heterocycles. The van der Waals surface area contributed by atoms with Gasteiger partial charge < -0.3 is 4.90 Å². The zero-order valence-corrected chi connectivity index (χ0v) is 36.3. The van der Waals surface area contributed by atoms with Crippen LogP contribution in [0.25, 0.3) is 61.2 Å². The summed E-state index contributed by atoms with van der Waals surface area (Å²) in [7, 11) is 0. The van der Waals surface area contributed by atoms with Crippen molar-refractivity contribution in [3.63, 3.8) is 0 Å². The van der Waals surface area contributed by atoms with Gasteiger partial charge in [-0.15, -0.1) is 0 Å². The van der Waals surface area contributed by atoms with E-state index in [0.29, 0.717) is 0 Å². The zero-order valence-electron chi connectivity index (χ0n) is 36.3. The third-order valence-electron chi connectivity index (χ3n) is 13.4. The normalized spacial score (nSPS) is 14.2. The summed E-state index contributed by atoms with van der Waals surface area (Å²) in [4.78, 5) is 2.37. The second-order valence-corrected chi connectivity index (χ2v) is 17.8. The monoisotopic (exact) mass is 797 g/mol. The molecule has 0 saturated carbocycles. The van der Waals surface area contributed by atoms with E-state index in [-0.39, 0.29) is 10.8 Å². The SMILES string of the molecule is C=C/C(=C\C=C/C)c1ccc(-c2ccc(N(c3ccc(-c4ccc5c(c4)C(C)(C)c4ccccc4-5)cc3)c3ccc(-c4ccc5c(c4)C(C)(C)c4ccccc4-5)cc3)cc2)cc1. The fourth-order valence-corrected chi connectivity index (χ4v) is 9.96. The van der Waals surface area contributed by atoms with Crippen LogP contribution in [-0.2, 0) is 10.8 Å². The number of anilines is 3. The molecule has 0 saturated heterocycles. The van der Waals surface area contributed by atoms with Crippen LogP contribution in [0.2, 0.25) is 0 Å². The summed E-state index contributed by atoms with van der Waals surface area (Å²) in [6.45, 7) is 15.4. The minimum atomic E-state index is -0.0438. The number of hydrogen-bond donors (Lipinski definition) is 0. The van der Waals surface area contributed by atoms with Crippen molar-refractivity contribution < 1.29 is 0 Å². The van der Waals surface area contributed by atoms with Crippen molar-refractivity contribution in [3.8, 4) is 55.6 Å². The second kappa shape index (κ2) is 15.4. The van der Waals surface area contributed by atoms with Gasteiger partial charge in [-0.3, -0.25) is 0 Å². The fourth-order valence-electron chi connectivity index (χ4n) is 9.96.